The molecule has 0 spiro atoms. The van der Waals surface area contributed by atoms with Crippen LogP contribution in [0.2, 0.25) is 0 Å². The van der Waals surface area contributed by atoms with Crippen LogP contribution in [0, 0.1) is 0 Å². The molecule has 1 atom stereocenters. The molecule has 4 rings (SSSR count). The van der Waals surface area contributed by atoms with E-state index in [1.54, 1.807) is 0 Å². The Bertz CT molecular complexity index is 729. The molecule has 1 aliphatic heterocycles. The topological polar surface area (TPSA) is 59.6 Å². The summed E-state index contributed by atoms with van der Waals surface area (Å²) in [6.07, 6.45) is 3.10. The summed E-state index contributed by atoms with van der Waals surface area (Å²) >= 11 is 0. The fourth-order valence-electron chi connectivity index (χ4n) is 3.60. The number of hydrogen-bond donors (Lipinski definition) is 2. The highest BCUT2D eigenvalue weighted by atomic mass is 127. The fraction of sp³-hybridized carbons (Fsp3) is 0.350. The molecular weight excluding hydrogens is 425 g/mol. The quantitative estimate of drug-likeness (QED) is 0.424. The van der Waals surface area contributed by atoms with Gasteiger partial charge in [0.1, 0.15) is 5.75 Å². The van der Waals surface area contributed by atoms with Gasteiger partial charge in [-0.2, -0.15) is 0 Å². The third-order valence-electron chi connectivity index (χ3n) is 4.98. The van der Waals surface area contributed by atoms with Crippen LogP contribution >= 0.6 is 24.0 Å². The Kier molecular flexibility index (Phi) is 5.83. The van der Waals surface area contributed by atoms with Crippen LogP contribution in [0.4, 0.5) is 0 Å². The van der Waals surface area contributed by atoms with Crippen molar-refractivity contribution in [2.75, 3.05) is 6.61 Å². The molecular formula is C20H24IN3O. The molecule has 4 nitrogen and oxygen atoms in total. The van der Waals surface area contributed by atoms with E-state index >= 15 is 0 Å². The molecule has 1 saturated carbocycles. The van der Waals surface area contributed by atoms with Gasteiger partial charge in [-0.15, -0.1) is 24.0 Å². The van der Waals surface area contributed by atoms with Crippen LogP contribution in [0.15, 0.2) is 59.6 Å². The Morgan fingerprint density at radius 2 is 1.76 bits per heavy atom. The monoisotopic (exact) mass is 449 g/mol. The van der Waals surface area contributed by atoms with Crippen molar-refractivity contribution in [2.45, 2.75) is 37.3 Å². The number of benzene rings is 2. The Morgan fingerprint density at radius 3 is 2.56 bits per heavy atom. The van der Waals surface area contributed by atoms with Crippen LogP contribution in [0.5, 0.6) is 5.75 Å². The van der Waals surface area contributed by atoms with Gasteiger partial charge in [0.25, 0.3) is 0 Å². The number of nitrogens with one attached hydrogen (secondary N) is 1. The van der Waals surface area contributed by atoms with E-state index in [1.165, 1.54) is 5.56 Å². The molecule has 2 aromatic rings. The van der Waals surface area contributed by atoms with Crippen LogP contribution in [-0.4, -0.2) is 18.6 Å². The van der Waals surface area contributed by atoms with Crippen molar-refractivity contribution in [1.29, 1.82) is 0 Å². The summed E-state index contributed by atoms with van der Waals surface area (Å²) in [6.45, 7) is 0.692. The molecule has 0 bridgehead atoms. The van der Waals surface area contributed by atoms with Gasteiger partial charge in [-0.1, -0.05) is 48.5 Å². The van der Waals surface area contributed by atoms with Crippen molar-refractivity contribution in [1.82, 2.24) is 5.32 Å². The van der Waals surface area contributed by atoms with E-state index < -0.39 is 0 Å². The minimum absolute atomic E-state index is 0. The lowest BCUT2D eigenvalue weighted by Gasteiger charge is -2.36. The van der Waals surface area contributed by atoms with Gasteiger partial charge in [-0.3, -0.25) is 0 Å². The first kappa shape index (κ1) is 18.0. The molecule has 0 radical (unpaired) electrons. The maximum absolute atomic E-state index is 6.15. The summed E-state index contributed by atoms with van der Waals surface area (Å²) in [7, 11) is 0. The number of aliphatic imine (C=N–C) groups is 1. The molecule has 25 heavy (non-hydrogen) atoms. The Balaban J connectivity index is 0.00000182. The number of halogens is 1. The molecule has 3 N–H and O–H groups in total. The molecule has 1 aliphatic carbocycles. The van der Waals surface area contributed by atoms with Crippen molar-refractivity contribution < 1.29 is 4.74 Å². The van der Waals surface area contributed by atoms with Gasteiger partial charge in [0, 0.05) is 18.0 Å². The molecule has 1 unspecified atom stereocenters. The molecule has 1 heterocycles. The highest BCUT2D eigenvalue weighted by molar-refractivity contribution is 14.0. The van der Waals surface area contributed by atoms with E-state index in [-0.39, 0.29) is 30.0 Å². The molecule has 132 valence electrons. The second-order valence-electron chi connectivity index (χ2n) is 6.63. The number of nitrogens with zero attached hydrogens (tertiary/aromatic N) is 1. The molecule has 1 fully saturated rings. The molecule has 2 aliphatic rings. The number of fused-ring (bicyclic) bond motifs is 1. The lowest BCUT2D eigenvalue weighted by atomic mass is 9.76. The minimum atomic E-state index is 0. The summed E-state index contributed by atoms with van der Waals surface area (Å²) in [4.78, 5) is 4.70. The van der Waals surface area contributed by atoms with E-state index in [0.717, 1.165) is 30.6 Å². The van der Waals surface area contributed by atoms with Gasteiger partial charge in [0.15, 0.2) is 5.96 Å². The zero-order chi connectivity index (χ0) is 16.4. The summed E-state index contributed by atoms with van der Waals surface area (Å²) < 4.78 is 5.68. The smallest absolute Gasteiger partial charge is 0.189 e. The zero-order valence-corrected chi connectivity index (χ0v) is 16.4. The molecule has 0 aromatic heterocycles. The van der Waals surface area contributed by atoms with Gasteiger partial charge in [0.2, 0.25) is 0 Å². The van der Waals surface area contributed by atoms with Gasteiger partial charge >= 0.3 is 0 Å². The maximum atomic E-state index is 6.15. The largest absolute Gasteiger partial charge is 0.493 e. The summed E-state index contributed by atoms with van der Waals surface area (Å²) in [5.41, 5.74) is 8.70. The summed E-state index contributed by atoms with van der Waals surface area (Å²) in [5, 5.41) is 3.38. The fourth-order valence-corrected chi connectivity index (χ4v) is 3.60. The van der Waals surface area contributed by atoms with Crippen LogP contribution in [-0.2, 0) is 0 Å². The van der Waals surface area contributed by atoms with Crippen molar-refractivity contribution in [3.8, 4) is 5.75 Å². The van der Waals surface area contributed by atoms with E-state index in [0.29, 0.717) is 24.5 Å². The van der Waals surface area contributed by atoms with Crippen molar-refractivity contribution in [2.24, 2.45) is 10.7 Å². The van der Waals surface area contributed by atoms with Crippen LogP contribution in [0.3, 0.4) is 0 Å². The predicted octanol–water partition coefficient (Wildman–Crippen LogP) is 3.98. The standard InChI is InChI=1S/C20H23N3O.HI/c21-20(22-16-12-15(13-16)14-6-2-1-3-7-14)23-18-10-11-24-19-9-5-4-8-17(18)19;/h1-9,15-16,18H,10-13H2,(H3,21,22,23);1H. The molecule has 2 aromatic carbocycles. The molecule has 5 heteroatoms. The van der Waals surface area contributed by atoms with Crippen molar-refractivity contribution in [3.05, 3.63) is 65.7 Å². The third-order valence-corrected chi connectivity index (χ3v) is 4.98. The Hall–Kier alpha value is -1.76. The van der Waals surface area contributed by atoms with Gasteiger partial charge < -0.3 is 15.8 Å². The Morgan fingerprint density at radius 1 is 1.04 bits per heavy atom. The second kappa shape index (κ2) is 8.08. The van der Waals surface area contributed by atoms with E-state index in [9.17, 15) is 0 Å². The number of ether oxygens (including phenoxy) is 1. The average Bonchev–Trinajstić information content (AvgIpc) is 2.59. The summed E-state index contributed by atoms with van der Waals surface area (Å²) in [5.74, 6) is 2.12. The van der Waals surface area contributed by atoms with Crippen molar-refractivity contribution in [3.63, 3.8) is 0 Å². The first-order valence-corrected chi connectivity index (χ1v) is 8.66. The number of hydrogen-bond acceptors (Lipinski definition) is 2. The normalized spacial score (nSPS) is 25.0. The van der Waals surface area contributed by atoms with Crippen LogP contribution in [0.25, 0.3) is 0 Å². The number of guanidine groups is 1. The van der Waals surface area contributed by atoms with Crippen LogP contribution in [0.1, 0.15) is 42.3 Å². The molecule has 0 saturated heterocycles. The van der Waals surface area contributed by atoms with Crippen molar-refractivity contribution >= 4 is 29.9 Å². The average molecular weight is 449 g/mol. The highest BCUT2D eigenvalue weighted by Gasteiger charge is 2.30. The second-order valence-corrected chi connectivity index (χ2v) is 6.63. The maximum Gasteiger partial charge on any atom is 0.189 e. The predicted molar refractivity (Wildman–Crippen MR) is 112 cm³/mol. The SMILES string of the molecule is I.NC(=NC1CCOc2ccccc21)NC1CC(c2ccccc2)C1. The number of para-hydroxylation sites is 1. The highest BCUT2D eigenvalue weighted by Crippen LogP contribution is 2.37. The van der Waals surface area contributed by atoms with E-state index in [4.69, 9.17) is 15.5 Å². The van der Waals surface area contributed by atoms with Crippen LogP contribution < -0.4 is 15.8 Å². The first-order valence-electron chi connectivity index (χ1n) is 8.66. The van der Waals surface area contributed by atoms with E-state index in [1.807, 2.05) is 18.2 Å². The minimum Gasteiger partial charge on any atom is -0.493 e. The van der Waals surface area contributed by atoms with Gasteiger partial charge in [-0.25, -0.2) is 4.99 Å². The number of nitrogens with two attached hydrogens (primary N) is 1. The van der Waals surface area contributed by atoms with E-state index in [2.05, 4.69) is 41.7 Å². The van der Waals surface area contributed by atoms with Gasteiger partial charge in [-0.05, 0) is 30.4 Å². The lowest BCUT2D eigenvalue weighted by Crippen LogP contribution is -2.46. The van der Waals surface area contributed by atoms with Gasteiger partial charge in [0.05, 0.1) is 12.6 Å². The lowest BCUT2D eigenvalue weighted by molar-refractivity contribution is 0.269. The third kappa shape index (κ3) is 4.08. The number of rotatable bonds is 3. The zero-order valence-electron chi connectivity index (χ0n) is 14.1. The Labute approximate surface area is 165 Å². The first-order chi connectivity index (χ1) is 11.8. The molecule has 0 amide bonds. The summed E-state index contributed by atoms with van der Waals surface area (Å²) in [6, 6.07) is 19.3.